The molecule has 4 heterocycles. The maximum Gasteiger partial charge on any atom is 0.414 e. The number of methoxy groups -OCH3 is 2. The monoisotopic (exact) mass is 705 g/mol. The maximum atomic E-state index is 13.8. The van der Waals surface area contributed by atoms with Gasteiger partial charge in [0.2, 0.25) is 0 Å². The first-order valence-corrected chi connectivity index (χ1v) is 16.8. The molecule has 0 saturated carbocycles. The van der Waals surface area contributed by atoms with Crippen molar-refractivity contribution in [3.8, 4) is 11.5 Å². The topological polar surface area (TPSA) is 104 Å². The Bertz CT molecular complexity index is 1780. The average Bonchev–Trinajstić information content (AvgIpc) is 3.12. The molecule has 0 unspecified atom stereocenters. The summed E-state index contributed by atoms with van der Waals surface area (Å²) in [6.45, 7) is 3.01. The molecule has 0 radical (unpaired) electrons. The molecule has 3 saturated heterocycles. The Morgan fingerprint density at radius 1 is 0.939 bits per heavy atom. The molecule has 4 aromatic rings. The van der Waals surface area contributed by atoms with Gasteiger partial charge in [-0.3, -0.25) is 9.80 Å². The van der Waals surface area contributed by atoms with Crippen LogP contribution in [-0.4, -0.2) is 56.9 Å². The van der Waals surface area contributed by atoms with Crippen LogP contribution in [0.25, 0.3) is 0 Å². The lowest BCUT2D eigenvalue weighted by Crippen LogP contribution is -2.53. The largest absolute Gasteiger partial charge is 0.619 e. The fourth-order valence-electron chi connectivity index (χ4n) is 6.47. The number of nitrogens with zero attached hydrogens (tertiary/aromatic N) is 3. The Balaban J connectivity index is 1.25. The number of benzene rings is 3. The van der Waals surface area contributed by atoms with Crippen molar-refractivity contribution >= 4 is 41.0 Å². The number of fused-ring (bicyclic) bond motifs is 3. The Morgan fingerprint density at radius 3 is 2.31 bits per heavy atom. The number of carbonyl (C=O) groups is 2. The van der Waals surface area contributed by atoms with E-state index in [-0.39, 0.29) is 34.7 Å². The second-order valence-corrected chi connectivity index (χ2v) is 13.0. The average molecular weight is 707 g/mol. The van der Waals surface area contributed by atoms with Gasteiger partial charge in [-0.25, -0.2) is 9.59 Å². The SMILES string of the molecule is COc1ccc([C@H](Cc2c(Cl)c[n+]([O-])cc2Cl)OC(=O)c2cccc(CN(C(=O)O[C@H]3CN4CCC3CC4)c3ccccc3)c2)cc1OC. The Labute approximate surface area is 295 Å². The van der Waals surface area contributed by atoms with Gasteiger partial charge in [-0.2, -0.15) is 4.73 Å². The van der Waals surface area contributed by atoms with Crippen LogP contribution in [0.3, 0.4) is 0 Å². The van der Waals surface area contributed by atoms with Crippen LogP contribution in [0.1, 0.15) is 46.0 Å². The number of hydrogen-bond acceptors (Lipinski definition) is 8. The number of rotatable bonds is 11. The molecule has 3 aliphatic rings. The number of carbonyl (C=O) groups excluding carboxylic acids is 2. The molecule has 7 rings (SSSR count). The molecule has 1 aromatic heterocycles. The maximum absolute atomic E-state index is 13.8. The Hall–Kier alpha value is -4.51. The molecule has 0 aliphatic carbocycles. The summed E-state index contributed by atoms with van der Waals surface area (Å²) in [7, 11) is 3.04. The van der Waals surface area contributed by atoms with Crippen molar-refractivity contribution in [1.82, 2.24) is 4.90 Å². The first-order chi connectivity index (χ1) is 23.7. The third-order valence-electron chi connectivity index (χ3n) is 9.12. The van der Waals surface area contributed by atoms with Gasteiger partial charge in [-0.15, -0.1) is 0 Å². The van der Waals surface area contributed by atoms with Crippen LogP contribution in [0.15, 0.2) is 85.2 Å². The van der Waals surface area contributed by atoms with Gasteiger partial charge in [0, 0.05) is 24.2 Å². The Kier molecular flexibility index (Phi) is 10.8. The van der Waals surface area contributed by atoms with E-state index in [0.717, 1.165) is 32.5 Å². The first kappa shape index (κ1) is 34.4. The number of aromatic nitrogens is 1. The molecular weight excluding hydrogens is 669 g/mol. The van der Waals surface area contributed by atoms with E-state index in [1.54, 1.807) is 41.3 Å². The molecule has 3 aromatic carbocycles. The molecule has 3 fully saturated rings. The van der Waals surface area contributed by atoms with Crippen LogP contribution in [0.5, 0.6) is 11.5 Å². The minimum absolute atomic E-state index is 0.0760. The number of amides is 1. The molecule has 0 spiro atoms. The Morgan fingerprint density at radius 2 is 1.65 bits per heavy atom. The molecular formula is C37H37Cl2N3O7. The molecule has 256 valence electrons. The van der Waals surface area contributed by atoms with Crippen molar-refractivity contribution in [2.45, 2.75) is 38.0 Å². The number of anilines is 1. The van der Waals surface area contributed by atoms with E-state index in [9.17, 15) is 14.8 Å². The summed E-state index contributed by atoms with van der Waals surface area (Å²) in [6, 6.07) is 21.5. The standard InChI is InChI=1S/C37H37Cl2N3O7/c1-46-32-12-11-26(18-34(32)47-2)33(19-29-30(38)21-41(45)22-31(29)39)48-36(43)27-8-6-7-24(17-27)20-42(28-9-4-3-5-10-28)37(44)49-35-23-40-15-13-25(35)14-16-40/h3-12,17-18,21-22,25,33,35H,13-16,19-20,23H2,1-2H3/t33-,35-/m0/s1. The molecule has 12 heteroatoms. The third kappa shape index (κ3) is 8.04. The number of piperidine rings is 3. The zero-order valence-corrected chi connectivity index (χ0v) is 28.7. The van der Waals surface area contributed by atoms with Crippen LogP contribution < -0.4 is 19.1 Å². The lowest BCUT2D eigenvalue weighted by molar-refractivity contribution is -0.605. The van der Waals surface area contributed by atoms with Gasteiger partial charge in [0.15, 0.2) is 23.9 Å². The van der Waals surface area contributed by atoms with Crippen molar-refractivity contribution in [2.24, 2.45) is 5.92 Å². The molecule has 2 atom stereocenters. The summed E-state index contributed by atoms with van der Waals surface area (Å²) >= 11 is 12.8. The smallest absolute Gasteiger partial charge is 0.414 e. The van der Waals surface area contributed by atoms with Crippen LogP contribution in [0.2, 0.25) is 10.0 Å². The van der Waals surface area contributed by atoms with Crippen molar-refractivity contribution in [3.63, 3.8) is 0 Å². The quantitative estimate of drug-likeness (QED) is 0.0932. The summed E-state index contributed by atoms with van der Waals surface area (Å²) in [5.41, 5.74) is 2.72. The fraction of sp³-hybridized carbons (Fsp3) is 0.324. The molecule has 1 amide bonds. The molecule has 2 bridgehead atoms. The van der Waals surface area contributed by atoms with Crippen LogP contribution in [0, 0.1) is 11.1 Å². The molecule has 10 nitrogen and oxygen atoms in total. The molecule has 3 aliphatic heterocycles. The lowest BCUT2D eigenvalue weighted by Gasteiger charge is -2.44. The van der Waals surface area contributed by atoms with E-state index < -0.39 is 18.2 Å². The number of pyridine rings is 1. The van der Waals surface area contributed by atoms with E-state index >= 15 is 0 Å². The predicted octanol–water partition coefficient (Wildman–Crippen LogP) is 7.02. The van der Waals surface area contributed by atoms with Gasteiger partial charge in [-0.05, 0) is 79.4 Å². The van der Waals surface area contributed by atoms with Crippen LogP contribution in [0.4, 0.5) is 10.5 Å². The molecule has 49 heavy (non-hydrogen) atoms. The highest BCUT2D eigenvalue weighted by Crippen LogP contribution is 2.36. The highest BCUT2D eigenvalue weighted by Gasteiger charge is 2.37. The highest BCUT2D eigenvalue weighted by molar-refractivity contribution is 6.35. The van der Waals surface area contributed by atoms with E-state index in [2.05, 4.69) is 4.90 Å². The summed E-state index contributed by atoms with van der Waals surface area (Å²) < 4.78 is 23.6. The summed E-state index contributed by atoms with van der Waals surface area (Å²) in [4.78, 5) is 31.4. The lowest BCUT2D eigenvalue weighted by atomic mass is 9.86. The van der Waals surface area contributed by atoms with Gasteiger partial charge in [0.25, 0.3) is 0 Å². The zero-order chi connectivity index (χ0) is 34.5. The minimum Gasteiger partial charge on any atom is -0.619 e. The predicted molar refractivity (Wildman–Crippen MR) is 185 cm³/mol. The zero-order valence-electron chi connectivity index (χ0n) is 27.2. The van der Waals surface area contributed by atoms with Gasteiger partial charge in [-0.1, -0.05) is 59.6 Å². The van der Waals surface area contributed by atoms with E-state index in [1.807, 2.05) is 36.4 Å². The minimum atomic E-state index is -0.870. The number of halogens is 2. The third-order valence-corrected chi connectivity index (χ3v) is 9.77. The van der Waals surface area contributed by atoms with Crippen molar-refractivity contribution in [2.75, 3.05) is 38.8 Å². The van der Waals surface area contributed by atoms with E-state index in [4.69, 9.17) is 42.1 Å². The van der Waals surface area contributed by atoms with Crippen LogP contribution in [-0.2, 0) is 22.4 Å². The fourth-order valence-corrected chi connectivity index (χ4v) is 7.07. The number of para-hydroxylation sites is 1. The number of hydrogen-bond donors (Lipinski definition) is 0. The van der Waals surface area contributed by atoms with Crippen LogP contribution >= 0.6 is 23.2 Å². The van der Waals surface area contributed by atoms with Gasteiger partial charge in [0.05, 0.1) is 26.3 Å². The normalized spacial score (nSPS) is 18.7. The summed E-state index contributed by atoms with van der Waals surface area (Å²) in [5, 5.41) is 12.2. The first-order valence-electron chi connectivity index (χ1n) is 16.1. The highest BCUT2D eigenvalue weighted by atomic mass is 35.5. The van der Waals surface area contributed by atoms with Crippen molar-refractivity contribution in [3.05, 3.63) is 123 Å². The van der Waals surface area contributed by atoms with Gasteiger partial charge in [0.1, 0.15) is 22.3 Å². The second-order valence-electron chi connectivity index (χ2n) is 12.2. The van der Waals surface area contributed by atoms with Gasteiger partial charge < -0.3 is 24.2 Å². The number of esters is 1. The van der Waals surface area contributed by atoms with E-state index in [1.165, 1.54) is 26.6 Å². The van der Waals surface area contributed by atoms with Gasteiger partial charge >= 0.3 is 12.1 Å². The summed E-state index contributed by atoms with van der Waals surface area (Å²) in [5.74, 6) is 0.703. The number of ether oxygens (including phenoxy) is 4. The summed E-state index contributed by atoms with van der Waals surface area (Å²) in [6.07, 6.45) is 3.07. The van der Waals surface area contributed by atoms with Crippen molar-refractivity contribution < 1.29 is 33.3 Å². The van der Waals surface area contributed by atoms with Crippen molar-refractivity contribution in [1.29, 1.82) is 0 Å². The molecule has 0 N–H and O–H groups in total. The second kappa shape index (κ2) is 15.4. The van der Waals surface area contributed by atoms with E-state index in [0.29, 0.717) is 44.5 Å².